The summed E-state index contributed by atoms with van der Waals surface area (Å²) in [4.78, 5) is 4.74. The minimum absolute atomic E-state index is 0. The minimum atomic E-state index is -2.30. The summed E-state index contributed by atoms with van der Waals surface area (Å²) >= 11 is 0. The Morgan fingerprint density at radius 1 is 0.792 bits per heavy atom. The topological polar surface area (TPSA) is 27.1 Å². The van der Waals surface area contributed by atoms with Gasteiger partial charge < -0.3 is 13.8 Å². The number of aryl methyl sites for hydroxylation is 1. The molecule has 0 amide bonds. The summed E-state index contributed by atoms with van der Waals surface area (Å²) in [5.74, 6) is 1.37. The van der Waals surface area contributed by atoms with Gasteiger partial charge in [0.25, 0.3) is 0 Å². The fourth-order valence-electron chi connectivity index (χ4n) is 8.02. The van der Waals surface area contributed by atoms with Crippen LogP contribution in [0.5, 0.6) is 11.5 Å². The summed E-state index contributed by atoms with van der Waals surface area (Å²) in [6.07, 6.45) is 1.81. The molecule has 3 aliphatic rings. The number of pyridine rings is 1. The van der Waals surface area contributed by atoms with Crippen LogP contribution in [-0.4, -0.2) is 16.2 Å². The predicted molar refractivity (Wildman–Crippen MR) is 210 cm³/mol. The number of ether oxygens (including phenoxy) is 1. The zero-order valence-corrected chi connectivity index (χ0v) is 32.8. The van der Waals surface area contributed by atoms with E-state index in [2.05, 4.69) is 90.7 Å². The molecule has 0 unspecified atom stereocenters. The smallest absolute Gasteiger partial charge is 0.184 e. The number of aromatic nitrogens is 2. The number of hydrogen-bond donors (Lipinski definition) is 0. The summed E-state index contributed by atoms with van der Waals surface area (Å²) in [5.41, 5.74) is 7.62. The van der Waals surface area contributed by atoms with Gasteiger partial charge in [-0.25, -0.2) is 9.37 Å². The van der Waals surface area contributed by atoms with E-state index in [-0.39, 0.29) is 37.7 Å². The molecular weight excluding hydrogens is 839 g/mol. The molecule has 2 atom stereocenters. The van der Waals surface area contributed by atoms with Crippen molar-refractivity contribution in [2.75, 3.05) is 6.67 Å². The molecule has 5 aromatic carbocycles. The third-order valence-corrected chi connectivity index (χ3v) is 10.7. The van der Waals surface area contributed by atoms with E-state index in [1.807, 2.05) is 59.3 Å². The Balaban J connectivity index is 0.00000441. The molecule has 1 saturated heterocycles. The third-order valence-electron chi connectivity index (χ3n) is 10.7. The summed E-state index contributed by atoms with van der Waals surface area (Å²) in [6.45, 7) is 13.5. The summed E-state index contributed by atoms with van der Waals surface area (Å²) in [5, 5.41) is 1.59. The van der Waals surface area contributed by atoms with Crippen molar-refractivity contribution < 1.29 is 34.3 Å². The maximum Gasteiger partial charge on any atom is 0.184 e. The molecule has 3 aliphatic heterocycles. The first kappa shape index (κ1) is 31.9. The van der Waals surface area contributed by atoms with Gasteiger partial charge in [-0.05, 0) is 70.6 Å². The summed E-state index contributed by atoms with van der Waals surface area (Å²) in [7, 11) is 0. The van der Waals surface area contributed by atoms with E-state index in [0.717, 1.165) is 50.1 Å². The van der Waals surface area contributed by atoms with E-state index in [0.29, 0.717) is 38.5 Å². The number of nitrogens with zero attached hydrogens (tertiary/aromatic N) is 4. The van der Waals surface area contributed by atoms with Crippen LogP contribution in [0.3, 0.4) is 0 Å². The third kappa shape index (κ3) is 5.49. The second kappa shape index (κ2) is 12.2. The molecule has 7 aromatic rings. The standard InChI is InChI=1S/C46H42FN4O.Pt/c1-30-11-8-16-42-44(30)51(34-13-9-12-31(23-34)45(2,3)4)28-50(42,29-51)35-14-10-15-36(26-35)52-37-18-19-38-39-25-33(47)17-20-40(39)49(41(38)27-37)43-24-32(21-22-48-43)46(5,6)7;/h8-25,28H,29H2,1-7H3;/q-1;/t50-,51+;/m1./s1/i1D3;. The van der Waals surface area contributed by atoms with E-state index < -0.39 is 6.85 Å². The molecule has 2 aromatic heterocycles. The van der Waals surface area contributed by atoms with Crippen molar-refractivity contribution >= 4 is 44.6 Å². The van der Waals surface area contributed by atoms with E-state index >= 15 is 0 Å². The molecule has 0 aliphatic carbocycles. The molecule has 0 N–H and O–H groups in total. The van der Waals surface area contributed by atoms with Crippen LogP contribution in [0, 0.1) is 31.5 Å². The SMILES string of the molecule is [2H]C([2H])([2H])c1cccc2c1[N@@+]1(c3cccc(C(C)(C)C)c3)[CH-][N@+]2(c2[c-]c(Oc3[c-]c4c(cc3)c3cc(F)ccc3n4-c3cc(C(C)(C)C)ccn3)ccc2)C1.[Pt]. The van der Waals surface area contributed by atoms with Crippen molar-refractivity contribution in [2.45, 2.75) is 59.2 Å². The monoisotopic (exact) mass is 883 g/mol. The maximum atomic E-state index is 14.6. The van der Waals surface area contributed by atoms with Crippen molar-refractivity contribution in [1.82, 2.24) is 18.5 Å². The predicted octanol–water partition coefficient (Wildman–Crippen LogP) is 12.0. The molecule has 0 spiro atoms. The van der Waals surface area contributed by atoms with Gasteiger partial charge in [0.15, 0.2) is 18.0 Å². The van der Waals surface area contributed by atoms with Gasteiger partial charge in [-0.15, -0.1) is 29.7 Å². The van der Waals surface area contributed by atoms with Crippen LogP contribution in [0.2, 0.25) is 0 Å². The molecule has 5 heterocycles. The van der Waals surface area contributed by atoms with Gasteiger partial charge in [0.05, 0.1) is 6.67 Å². The Bertz CT molecular complexity index is 2690. The van der Waals surface area contributed by atoms with Gasteiger partial charge in [-0.3, -0.25) is 4.48 Å². The number of fused-ring (bicyclic) bond motifs is 3. The molecule has 2 bridgehead atoms. The number of hydrogen-bond acceptors (Lipinski definition) is 2. The molecule has 270 valence electrons. The van der Waals surface area contributed by atoms with Gasteiger partial charge in [-0.1, -0.05) is 77.4 Å². The van der Waals surface area contributed by atoms with Gasteiger partial charge in [0, 0.05) is 71.8 Å². The largest absolute Gasteiger partial charge is 0.509 e. The first-order valence-corrected chi connectivity index (χ1v) is 17.7. The van der Waals surface area contributed by atoms with E-state index in [1.54, 1.807) is 18.2 Å². The minimum Gasteiger partial charge on any atom is -0.509 e. The van der Waals surface area contributed by atoms with E-state index in [4.69, 9.17) is 13.8 Å². The second-order valence-corrected chi connectivity index (χ2v) is 16.2. The number of rotatable bonds is 5. The average Bonchev–Trinajstić information content (AvgIpc) is 3.71. The number of benzene rings is 5. The van der Waals surface area contributed by atoms with E-state index in [9.17, 15) is 4.39 Å². The molecular formula is C46H42FN4OPt-. The van der Waals surface area contributed by atoms with Crippen LogP contribution in [-0.2, 0) is 31.9 Å². The molecule has 0 radical (unpaired) electrons. The molecule has 5 nitrogen and oxygen atoms in total. The first-order chi connectivity index (χ1) is 26.0. The number of halogens is 1. The first-order valence-electron chi connectivity index (χ1n) is 19.2. The fraction of sp³-hybridized carbons (Fsp3) is 0.217. The van der Waals surface area contributed by atoms with Crippen molar-refractivity contribution in [3.63, 3.8) is 0 Å². The zero-order valence-electron chi connectivity index (χ0n) is 33.6. The normalized spacial score (nSPS) is 20.2. The van der Waals surface area contributed by atoms with Gasteiger partial charge in [-0.2, -0.15) is 12.1 Å². The number of para-hydroxylation sites is 1. The Morgan fingerprint density at radius 2 is 1.53 bits per heavy atom. The maximum absolute atomic E-state index is 14.6. The average molecular weight is 884 g/mol. The van der Waals surface area contributed by atoms with Crippen LogP contribution >= 0.6 is 0 Å². The van der Waals surface area contributed by atoms with Gasteiger partial charge in [0.1, 0.15) is 17.3 Å². The van der Waals surface area contributed by atoms with Crippen LogP contribution in [0.25, 0.3) is 27.6 Å². The molecule has 10 rings (SSSR count). The van der Waals surface area contributed by atoms with Crippen LogP contribution in [0.4, 0.5) is 27.1 Å². The summed E-state index contributed by atoms with van der Waals surface area (Å²) in [6, 6.07) is 39.7. The van der Waals surface area contributed by atoms with Gasteiger partial charge in [0.2, 0.25) is 0 Å². The molecule has 7 heteroatoms. The van der Waals surface area contributed by atoms with E-state index in [1.165, 1.54) is 11.6 Å². The Labute approximate surface area is 329 Å². The second-order valence-electron chi connectivity index (χ2n) is 16.2. The van der Waals surface area contributed by atoms with Crippen molar-refractivity contribution in [2.24, 2.45) is 0 Å². The Kier molecular flexibility index (Phi) is 7.34. The molecule has 0 saturated carbocycles. The Morgan fingerprint density at radius 3 is 2.30 bits per heavy atom. The van der Waals surface area contributed by atoms with Crippen LogP contribution in [0.15, 0.2) is 109 Å². The van der Waals surface area contributed by atoms with Crippen LogP contribution in [0.1, 0.15) is 62.3 Å². The van der Waals surface area contributed by atoms with Gasteiger partial charge >= 0.3 is 0 Å². The molecule has 53 heavy (non-hydrogen) atoms. The zero-order chi connectivity index (χ0) is 38.7. The fourth-order valence-corrected chi connectivity index (χ4v) is 8.02. The van der Waals surface area contributed by atoms with Crippen molar-refractivity contribution in [1.29, 1.82) is 0 Å². The van der Waals surface area contributed by atoms with Crippen molar-refractivity contribution in [3.8, 4) is 17.3 Å². The quantitative estimate of drug-likeness (QED) is 0.127. The Hall–Kier alpha value is -4.61. The molecule has 1 fully saturated rings. The number of quaternary nitrogens is 2. The summed E-state index contributed by atoms with van der Waals surface area (Å²) < 4.78 is 49.4. The van der Waals surface area contributed by atoms with Crippen LogP contribution < -0.4 is 13.7 Å². The van der Waals surface area contributed by atoms with Crippen molar-refractivity contribution in [3.05, 3.63) is 151 Å².